The maximum atomic E-state index is 10.2. The molecule has 0 aliphatic carbocycles. The van der Waals surface area contributed by atoms with E-state index >= 15 is 0 Å². The first-order chi connectivity index (χ1) is 6.68. The summed E-state index contributed by atoms with van der Waals surface area (Å²) in [7, 11) is -2.25. The molecule has 1 heterocycles. The van der Waals surface area contributed by atoms with E-state index in [4.69, 9.17) is 0 Å². The summed E-state index contributed by atoms with van der Waals surface area (Å²) in [6.45, 7) is 0.623. The Hall–Kier alpha value is -0.620. The van der Waals surface area contributed by atoms with Gasteiger partial charge in [-0.25, -0.2) is 13.4 Å². The van der Waals surface area contributed by atoms with E-state index in [0.29, 0.717) is 13.0 Å². The van der Waals surface area contributed by atoms with Gasteiger partial charge in [-0.15, -0.1) is 0 Å². The molecule has 1 aromatic rings. The van der Waals surface area contributed by atoms with Crippen molar-refractivity contribution < 1.29 is 8.42 Å². The monoisotopic (exact) mass is 278 g/mol. The van der Waals surface area contributed by atoms with Crippen molar-refractivity contribution in [3.05, 3.63) is 22.8 Å². The topological polar surface area (TPSA) is 59.1 Å². The third kappa shape index (κ3) is 4.57. The molecule has 0 unspecified atom stereocenters. The fourth-order valence-electron chi connectivity index (χ4n) is 0.905. The van der Waals surface area contributed by atoms with Crippen LogP contribution in [0.1, 0.15) is 6.42 Å². The number of pyridine rings is 1. The molecule has 4 nitrogen and oxygen atoms in total. The molecule has 14 heavy (non-hydrogen) atoms. The second-order valence-corrected chi connectivity index (χ2v) is 4.73. The lowest BCUT2D eigenvalue weighted by molar-refractivity contribution is 0.612. The average molecular weight is 279 g/mol. The lowest BCUT2D eigenvalue weighted by Crippen LogP contribution is -2.05. The Morgan fingerprint density at radius 1 is 1.43 bits per heavy atom. The highest BCUT2D eigenvalue weighted by atomic mass is 79.9. The Labute approximate surface area is 92.8 Å². The summed E-state index contributed by atoms with van der Waals surface area (Å²) in [6, 6.07) is 3.71. The van der Waals surface area contributed by atoms with Crippen LogP contribution >= 0.6 is 15.9 Å². The van der Waals surface area contributed by atoms with Crippen LogP contribution in [0.5, 0.6) is 0 Å². The zero-order valence-corrected chi connectivity index (χ0v) is 9.92. The van der Waals surface area contributed by atoms with Crippen LogP contribution in [-0.4, -0.2) is 25.7 Å². The highest BCUT2D eigenvalue weighted by Crippen LogP contribution is 2.10. The van der Waals surface area contributed by atoms with Gasteiger partial charge in [0.05, 0.1) is 0 Å². The van der Waals surface area contributed by atoms with Crippen molar-refractivity contribution in [3.8, 4) is 0 Å². The van der Waals surface area contributed by atoms with Crippen LogP contribution in [0.15, 0.2) is 22.8 Å². The number of halogens is 1. The zero-order chi connectivity index (χ0) is 10.4. The first kappa shape index (κ1) is 11.5. The molecule has 0 atom stereocenters. The van der Waals surface area contributed by atoms with E-state index in [1.54, 1.807) is 6.20 Å². The van der Waals surface area contributed by atoms with Crippen LogP contribution in [0, 0.1) is 0 Å². The van der Waals surface area contributed by atoms with Gasteiger partial charge in [0, 0.05) is 23.0 Å². The minimum atomic E-state index is -2.25. The van der Waals surface area contributed by atoms with Crippen molar-refractivity contribution in [2.45, 2.75) is 6.42 Å². The van der Waals surface area contributed by atoms with E-state index in [-0.39, 0.29) is 5.75 Å². The smallest absolute Gasteiger partial charge is 0.140 e. The first-order valence-electron chi connectivity index (χ1n) is 4.16. The van der Waals surface area contributed by atoms with Crippen LogP contribution < -0.4 is 5.32 Å². The predicted octanol–water partition coefficient (Wildman–Crippen LogP) is 1.26. The summed E-state index contributed by atoms with van der Waals surface area (Å²) < 4.78 is 21.4. The summed E-state index contributed by atoms with van der Waals surface area (Å²) in [4.78, 5) is 4.09. The molecule has 78 valence electrons. The van der Waals surface area contributed by atoms with Crippen LogP contribution in [0.25, 0.3) is 0 Å². The summed E-state index contributed by atoms with van der Waals surface area (Å²) in [6.07, 6.45) is 2.30. The fraction of sp³-hybridized carbons (Fsp3) is 0.375. The molecular formula is C8H11BrN2O2S. The van der Waals surface area contributed by atoms with Crippen molar-refractivity contribution in [1.29, 1.82) is 0 Å². The number of nitrogens with zero attached hydrogens (tertiary/aromatic N) is 1. The minimum Gasteiger partial charge on any atom is -0.370 e. The van der Waals surface area contributed by atoms with Gasteiger partial charge in [0.25, 0.3) is 0 Å². The van der Waals surface area contributed by atoms with E-state index < -0.39 is 10.7 Å². The van der Waals surface area contributed by atoms with Crippen molar-refractivity contribution in [2.75, 3.05) is 17.6 Å². The highest BCUT2D eigenvalue weighted by molar-refractivity contribution is 9.10. The molecule has 0 fully saturated rings. The van der Waals surface area contributed by atoms with E-state index in [2.05, 4.69) is 26.2 Å². The number of nitrogens with one attached hydrogen (secondary N) is 1. The lowest BCUT2D eigenvalue weighted by atomic mass is 10.4. The summed E-state index contributed by atoms with van der Waals surface area (Å²) in [5.41, 5.74) is 0. The van der Waals surface area contributed by atoms with Gasteiger partial charge >= 0.3 is 0 Å². The first-order valence-corrected chi connectivity index (χ1v) is 6.31. The van der Waals surface area contributed by atoms with Gasteiger partial charge < -0.3 is 5.32 Å². The quantitative estimate of drug-likeness (QED) is 0.629. The van der Waals surface area contributed by atoms with E-state index in [0.717, 1.165) is 10.3 Å². The van der Waals surface area contributed by atoms with E-state index in [1.165, 1.54) is 0 Å². The molecule has 0 saturated heterocycles. The average Bonchev–Trinajstić information content (AvgIpc) is 2.15. The second kappa shape index (κ2) is 5.98. The summed E-state index contributed by atoms with van der Waals surface area (Å²) in [5.74, 6) is 0.980. The molecular weight excluding hydrogens is 268 g/mol. The maximum Gasteiger partial charge on any atom is 0.140 e. The van der Waals surface area contributed by atoms with Crippen LogP contribution in [-0.2, 0) is 10.7 Å². The molecule has 0 saturated carbocycles. The number of aromatic nitrogens is 1. The van der Waals surface area contributed by atoms with Crippen molar-refractivity contribution >= 4 is 32.5 Å². The Morgan fingerprint density at radius 3 is 2.79 bits per heavy atom. The van der Waals surface area contributed by atoms with Gasteiger partial charge in [-0.2, -0.15) is 0 Å². The number of hydrogen-bond donors (Lipinski definition) is 2. The van der Waals surface area contributed by atoms with Gasteiger partial charge in [-0.1, -0.05) is 0 Å². The lowest BCUT2D eigenvalue weighted by Gasteiger charge is -2.02. The molecule has 0 aromatic carbocycles. The normalized spacial score (nSPS) is 10.4. The number of hydrogen-bond acceptors (Lipinski definition) is 4. The predicted molar refractivity (Wildman–Crippen MR) is 60.2 cm³/mol. The third-order valence-electron chi connectivity index (χ3n) is 1.55. The summed E-state index contributed by atoms with van der Waals surface area (Å²) >= 11 is 3.28. The molecule has 1 aromatic heterocycles. The molecule has 0 amide bonds. The fourth-order valence-corrected chi connectivity index (χ4v) is 1.56. The summed E-state index contributed by atoms with van der Waals surface area (Å²) in [5, 5.41) is 3.03. The Kier molecular flexibility index (Phi) is 4.89. The molecule has 0 radical (unpaired) electrons. The molecule has 0 aliphatic rings. The number of rotatable bonds is 5. The molecule has 0 aliphatic heterocycles. The number of anilines is 1. The van der Waals surface area contributed by atoms with Gasteiger partial charge in [-0.3, -0.25) is 0 Å². The molecule has 0 spiro atoms. The van der Waals surface area contributed by atoms with Crippen molar-refractivity contribution in [3.63, 3.8) is 0 Å². The van der Waals surface area contributed by atoms with Gasteiger partial charge in [0.2, 0.25) is 0 Å². The Balaban J connectivity index is 2.28. The van der Waals surface area contributed by atoms with Gasteiger partial charge in [0.15, 0.2) is 0 Å². The molecule has 6 heteroatoms. The SMILES string of the molecule is O=[SH](=O)CCCNc1ccc(Br)cn1. The van der Waals surface area contributed by atoms with E-state index in [1.807, 2.05) is 12.1 Å². The standard InChI is InChI=1S/C8H11BrN2O2S/c9-7-2-3-8(11-6-7)10-4-1-5-14(12)13/h2-3,6,14H,1,4-5H2,(H,10,11). The van der Waals surface area contributed by atoms with Crippen LogP contribution in [0.4, 0.5) is 5.82 Å². The number of thiol groups is 1. The largest absolute Gasteiger partial charge is 0.370 e. The van der Waals surface area contributed by atoms with E-state index in [9.17, 15) is 8.42 Å². The van der Waals surface area contributed by atoms with Crippen LogP contribution in [0.2, 0.25) is 0 Å². The zero-order valence-electron chi connectivity index (χ0n) is 7.44. The van der Waals surface area contributed by atoms with Crippen molar-refractivity contribution in [1.82, 2.24) is 4.98 Å². The second-order valence-electron chi connectivity index (χ2n) is 2.70. The highest BCUT2D eigenvalue weighted by Gasteiger charge is 1.93. The Morgan fingerprint density at radius 2 is 2.21 bits per heavy atom. The Bertz CT molecular complexity index is 343. The molecule has 0 bridgehead atoms. The molecule has 1 N–H and O–H groups in total. The van der Waals surface area contributed by atoms with Crippen LogP contribution in [0.3, 0.4) is 0 Å². The minimum absolute atomic E-state index is 0.221. The molecule has 1 rings (SSSR count). The van der Waals surface area contributed by atoms with Gasteiger partial charge in [0.1, 0.15) is 16.5 Å². The maximum absolute atomic E-state index is 10.2. The third-order valence-corrected chi connectivity index (χ3v) is 2.70. The van der Waals surface area contributed by atoms with Crippen molar-refractivity contribution in [2.24, 2.45) is 0 Å². The van der Waals surface area contributed by atoms with Gasteiger partial charge in [-0.05, 0) is 34.5 Å².